The number of carbonyl (C=O) groups excluding carboxylic acids is 3. The number of amides is 3. The van der Waals surface area contributed by atoms with E-state index in [1.165, 1.54) is 24.3 Å². The maximum atomic E-state index is 14.0. The smallest absolute Gasteiger partial charge is 0.253 e. The number of para-hydroxylation sites is 1. The van der Waals surface area contributed by atoms with Gasteiger partial charge in [-0.3, -0.25) is 14.4 Å². The van der Waals surface area contributed by atoms with E-state index in [0.29, 0.717) is 38.2 Å². The first-order valence-corrected chi connectivity index (χ1v) is 13.4. The van der Waals surface area contributed by atoms with Crippen LogP contribution in [0.5, 0.6) is 0 Å². The summed E-state index contributed by atoms with van der Waals surface area (Å²) in [4.78, 5) is 49.9. The standard InChI is InChI=1S/C29H36FN5O3/c1-31-16-12-24(13-17-31)32(2)26(36)20-34-21-35(25-6-4-3-5-7-25)29(28(34)38)14-18-33(19-15-29)27(37)22-8-10-23(30)11-9-22/h3-11,24H,12-21H2,1-2H3. The minimum Gasteiger partial charge on any atom is -0.341 e. The van der Waals surface area contributed by atoms with Gasteiger partial charge in [0.15, 0.2) is 0 Å². The van der Waals surface area contributed by atoms with Crippen molar-refractivity contribution in [1.29, 1.82) is 0 Å². The van der Waals surface area contributed by atoms with Gasteiger partial charge in [-0.25, -0.2) is 4.39 Å². The Bertz CT molecular complexity index is 1160. The van der Waals surface area contributed by atoms with Crippen LogP contribution in [-0.4, -0.2) is 102 Å². The van der Waals surface area contributed by atoms with E-state index in [1.54, 1.807) is 9.80 Å². The predicted molar refractivity (Wildman–Crippen MR) is 143 cm³/mol. The van der Waals surface area contributed by atoms with Crippen molar-refractivity contribution in [2.24, 2.45) is 0 Å². The molecule has 3 fully saturated rings. The largest absolute Gasteiger partial charge is 0.341 e. The zero-order valence-electron chi connectivity index (χ0n) is 22.2. The zero-order valence-corrected chi connectivity index (χ0v) is 22.2. The first-order chi connectivity index (χ1) is 18.3. The van der Waals surface area contributed by atoms with Crippen LogP contribution in [0, 0.1) is 5.82 Å². The van der Waals surface area contributed by atoms with Crippen molar-refractivity contribution in [3.63, 3.8) is 0 Å². The fourth-order valence-corrected chi connectivity index (χ4v) is 6.04. The summed E-state index contributed by atoms with van der Waals surface area (Å²) in [6.45, 7) is 3.11. The Morgan fingerprint density at radius 3 is 2.24 bits per heavy atom. The molecular weight excluding hydrogens is 485 g/mol. The van der Waals surface area contributed by atoms with Crippen LogP contribution in [0.25, 0.3) is 0 Å². The maximum Gasteiger partial charge on any atom is 0.253 e. The van der Waals surface area contributed by atoms with Gasteiger partial charge in [-0.05, 0) is 82.2 Å². The first-order valence-electron chi connectivity index (χ1n) is 13.4. The molecule has 3 heterocycles. The molecule has 9 heteroatoms. The lowest BCUT2D eigenvalue weighted by molar-refractivity contribution is -0.141. The van der Waals surface area contributed by atoms with E-state index in [2.05, 4.69) is 16.8 Å². The number of rotatable bonds is 5. The number of nitrogens with zero attached hydrogens (tertiary/aromatic N) is 5. The molecule has 3 aliphatic heterocycles. The highest BCUT2D eigenvalue weighted by Gasteiger charge is 2.54. The molecule has 0 saturated carbocycles. The maximum absolute atomic E-state index is 14.0. The van der Waals surface area contributed by atoms with Gasteiger partial charge in [-0.1, -0.05) is 18.2 Å². The minimum absolute atomic E-state index is 0.0399. The molecule has 38 heavy (non-hydrogen) atoms. The van der Waals surface area contributed by atoms with Crippen molar-refractivity contribution in [2.75, 3.05) is 58.4 Å². The third-order valence-electron chi connectivity index (χ3n) is 8.51. The molecule has 8 nitrogen and oxygen atoms in total. The van der Waals surface area contributed by atoms with Crippen molar-refractivity contribution >= 4 is 23.4 Å². The van der Waals surface area contributed by atoms with Crippen LogP contribution < -0.4 is 4.90 Å². The van der Waals surface area contributed by atoms with E-state index < -0.39 is 5.54 Å². The minimum atomic E-state index is -0.812. The molecule has 0 unspecified atom stereocenters. The molecule has 0 N–H and O–H groups in total. The Balaban J connectivity index is 1.31. The van der Waals surface area contributed by atoms with Gasteiger partial charge in [-0.15, -0.1) is 0 Å². The molecule has 202 valence electrons. The highest BCUT2D eigenvalue weighted by atomic mass is 19.1. The van der Waals surface area contributed by atoms with Gasteiger partial charge in [0.2, 0.25) is 5.91 Å². The van der Waals surface area contributed by atoms with E-state index in [-0.39, 0.29) is 36.1 Å². The Kier molecular flexibility index (Phi) is 7.38. The second-order valence-corrected chi connectivity index (χ2v) is 10.8. The van der Waals surface area contributed by atoms with Crippen molar-refractivity contribution in [2.45, 2.75) is 37.3 Å². The van der Waals surface area contributed by atoms with E-state index in [4.69, 9.17) is 0 Å². The molecule has 0 aromatic heterocycles. The molecule has 0 aliphatic carbocycles. The average molecular weight is 522 g/mol. The number of anilines is 1. The van der Waals surface area contributed by atoms with Crippen molar-refractivity contribution in [1.82, 2.24) is 19.6 Å². The Morgan fingerprint density at radius 2 is 1.61 bits per heavy atom. The summed E-state index contributed by atoms with van der Waals surface area (Å²) in [5.74, 6) is -0.643. The summed E-state index contributed by atoms with van der Waals surface area (Å²) in [5, 5.41) is 0. The van der Waals surface area contributed by atoms with Gasteiger partial charge in [0.25, 0.3) is 11.8 Å². The van der Waals surface area contributed by atoms with Crippen LogP contribution in [-0.2, 0) is 9.59 Å². The summed E-state index contributed by atoms with van der Waals surface area (Å²) in [5.41, 5.74) is 0.551. The number of benzene rings is 2. The Hall–Kier alpha value is -3.46. The highest BCUT2D eigenvalue weighted by molar-refractivity contribution is 5.97. The molecule has 2 aromatic carbocycles. The van der Waals surface area contributed by atoms with Crippen molar-refractivity contribution < 1.29 is 18.8 Å². The van der Waals surface area contributed by atoms with E-state index in [9.17, 15) is 18.8 Å². The SMILES string of the molecule is CN1CCC(N(C)C(=O)CN2CN(c3ccccc3)C3(CCN(C(=O)c4ccc(F)cc4)CC3)C2=O)CC1. The molecule has 0 bridgehead atoms. The lowest BCUT2D eigenvalue weighted by atomic mass is 9.85. The molecule has 0 atom stereocenters. The van der Waals surface area contributed by atoms with Gasteiger partial charge in [0.1, 0.15) is 17.9 Å². The number of halogens is 1. The van der Waals surface area contributed by atoms with Gasteiger partial charge < -0.3 is 24.5 Å². The summed E-state index contributed by atoms with van der Waals surface area (Å²) in [6.07, 6.45) is 2.79. The number of likely N-dealkylation sites (tertiary alicyclic amines) is 2. The average Bonchev–Trinajstić information content (AvgIpc) is 3.20. The summed E-state index contributed by atoms with van der Waals surface area (Å²) < 4.78 is 13.3. The second kappa shape index (κ2) is 10.7. The lowest BCUT2D eigenvalue weighted by Gasteiger charge is -2.43. The van der Waals surface area contributed by atoms with Crippen LogP contribution in [0.1, 0.15) is 36.0 Å². The van der Waals surface area contributed by atoms with Gasteiger partial charge in [-0.2, -0.15) is 0 Å². The van der Waals surface area contributed by atoms with Crippen LogP contribution in [0.4, 0.5) is 10.1 Å². The predicted octanol–water partition coefficient (Wildman–Crippen LogP) is 2.66. The van der Waals surface area contributed by atoms with Gasteiger partial charge in [0, 0.05) is 37.4 Å². The highest BCUT2D eigenvalue weighted by Crippen LogP contribution is 2.39. The fraction of sp³-hybridized carbons (Fsp3) is 0.483. The summed E-state index contributed by atoms with van der Waals surface area (Å²) in [6, 6.07) is 15.6. The molecular formula is C29H36FN5O3. The van der Waals surface area contributed by atoms with E-state index >= 15 is 0 Å². The van der Waals surface area contributed by atoms with E-state index in [1.807, 2.05) is 42.3 Å². The molecule has 5 rings (SSSR count). The van der Waals surface area contributed by atoms with Crippen molar-refractivity contribution in [3.8, 4) is 0 Å². The molecule has 3 amide bonds. The topological polar surface area (TPSA) is 67.4 Å². The van der Waals surface area contributed by atoms with Crippen LogP contribution in [0.15, 0.2) is 54.6 Å². The second-order valence-electron chi connectivity index (χ2n) is 10.8. The first kappa shape index (κ1) is 26.2. The van der Waals surface area contributed by atoms with Crippen molar-refractivity contribution in [3.05, 3.63) is 66.0 Å². The van der Waals surface area contributed by atoms with E-state index in [0.717, 1.165) is 31.6 Å². The Morgan fingerprint density at radius 1 is 0.974 bits per heavy atom. The summed E-state index contributed by atoms with van der Waals surface area (Å²) in [7, 11) is 3.94. The fourth-order valence-electron chi connectivity index (χ4n) is 6.04. The number of carbonyl (C=O) groups is 3. The quantitative estimate of drug-likeness (QED) is 0.605. The van der Waals surface area contributed by atoms with Gasteiger partial charge >= 0.3 is 0 Å². The third kappa shape index (κ3) is 4.99. The van der Waals surface area contributed by atoms with Crippen LogP contribution in [0.2, 0.25) is 0 Å². The third-order valence-corrected chi connectivity index (χ3v) is 8.51. The molecule has 2 aromatic rings. The zero-order chi connectivity index (χ0) is 26.9. The van der Waals surface area contributed by atoms with Crippen LogP contribution >= 0.6 is 0 Å². The van der Waals surface area contributed by atoms with Crippen LogP contribution in [0.3, 0.4) is 0 Å². The molecule has 0 radical (unpaired) electrons. The molecule has 1 spiro atoms. The number of hydrogen-bond acceptors (Lipinski definition) is 5. The van der Waals surface area contributed by atoms with Gasteiger partial charge in [0.05, 0.1) is 6.67 Å². The Labute approximate surface area is 223 Å². The molecule has 3 aliphatic rings. The number of piperidine rings is 2. The monoisotopic (exact) mass is 521 g/mol. The summed E-state index contributed by atoms with van der Waals surface area (Å²) >= 11 is 0. The normalized spacial score (nSPS) is 20.3. The lowest BCUT2D eigenvalue weighted by Crippen LogP contribution is -2.57. The number of likely N-dealkylation sites (N-methyl/N-ethyl adjacent to an activating group) is 1. The molecule has 3 saturated heterocycles. The number of hydrogen-bond donors (Lipinski definition) is 0.